The molecule has 4 rings (SSSR count). The number of nitrogens with zero attached hydrogens (tertiary/aromatic N) is 4. The molecule has 0 bridgehead atoms. The third-order valence-electron chi connectivity index (χ3n) is 5.08. The molecule has 0 aliphatic rings. The smallest absolute Gasteiger partial charge is 0.253 e. The highest BCUT2D eigenvalue weighted by Crippen LogP contribution is 2.31. The third kappa shape index (κ3) is 4.98. The second kappa shape index (κ2) is 8.94. The van der Waals surface area contributed by atoms with Gasteiger partial charge in [-0.1, -0.05) is 18.2 Å². The van der Waals surface area contributed by atoms with E-state index in [0.717, 1.165) is 45.5 Å². The Kier molecular flexibility index (Phi) is 6.05. The van der Waals surface area contributed by atoms with Gasteiger partial charge >= 0.3 is 0 Å². The molecule has 170 valence electrons. The van der Waals surface area contributed by atoms with Gasteiger partial charge in [0.2, 0.25) is 0 Å². The predicted octanol–water partition coefficient (Wildman–Crippen LogP) is 5.50. The van der Waals surface area contributed by atoms with Crippen LogP contribution in [0.25, 0.3) is 29.2 Å². The molecule has 2 aromatic heterocycles. The molecule has 0 aliphatic carbocycles. The van der Waals surface area contributed by atoms with Crippen LogP contribution in [0.2, 0.25) is 0 Å². The minimum absolute atomic E-state index is 0.181. The largest absolute Gasteiger partial charge is 0.497 e. The Hall–Kier alpha value is -3.87. The van der Waals surface area contributed by atoms with Crippen molar-refractivity contribution < 1.29 is 9.47 Å². The maximum atomic E-state index is 5.30. The molecular weight excluding hydrogens is 414 g/mol. The van der Waals surface area contributed by atoms with E-state index < -0.39 is 0 Å². The predicted molar refractivity (Wildman–Crippen MR) is 133 cm³/mol. The summed E-state index contributed by atoms with van der Waals surface area (Å²) in [7, 11) is 3.32. The van der Waals surface area contributed by atoms with Crippen molar-refractivity contribution in [3.05, 3.63) is 65.5 Å². The van der Waals surface area contributed by atoms with Crippen LogP contribution in [0.1, 0.15) is 37.7 Å². The zero-order chi connectivity index (χ0) is 23.6. The lowest BCUT2D eigenvalue weighted by molar-refractivity contribution is 0.414. The number of fused-ring (bicyclic) bond motifs is 1. The van der Waals surface area contributed by atoms with Gasteiger partial charge in [-0.05, 0) is 75.7 Å². The summed E-state index contributed by atoms with van der Waals surface area (Å²) >= 11 is 0. The van der Waals surface area contributed by atoms with Crippen LogP contribution in [-0.4, -0.2) is 39.3 Å². The maximum absolute atomic E-state index is 5.30. The molecule has 0 saturated heterocycles. The van der Waals surface area contributed by atoms with Crippen LogP contribution in [0.4, 0.5) is 5.82 Å². The SMILES string of the molecule is COc1ccc(C=Cc2nc3nc(-c4ccc(OC)cc4)c(NC(C)(C)C)n3nc2C)cc1. The Bertz CT molecular complexity index is 1280. The Balaban J connectivity index is 1.78. The molecule has 0 amide bonds. The van der Waals surface area contributed by atoms with Crippen molar-refractivity contribution in [2.45, 2.75) is 33.2 Å². The molecule has 0 saturated carbocycles. The molecule has 2 heterocycles. The first-order valence-corrected chi connectivity index (χ1v) is 10.8. The van der Waals surface area contributed by atoms with Gasteiger partial charge in [-0.3, -0.25) is 0 Å². The monoisotopic (exact) mass is 443 g/mol. The Morgan fingerprint density at radius 3 is 2.03 bits per heavy atom. The number of ether oxygens (including phenoxy) is 2. The van der Waals surface area contributed by atoms with Crippen molar-refractivity contribution in [2.75, 3.05) is 19.5 Å². The van der Waals surface area contributed by atoms with Gasteiger partial charge in [0.05, 0.1) is 25.6 Å². The fraction of sp³-hybridized carbons (Fsp3) is 0.269. The van der Waals surface area contributed by atoms with Crippen molar-refractivity contribution in [1.82, 2.24) is 19.6 Å². The van der Waals surface area contributed by atoms with Gasteiger partial charge in [0.25, 0.3) is 5.78 Å². The summed E-state index contributed by atoms with van der Waals surface area (Å²) in [6.07, 6.45) is 3.97. The first-order chi connectivity index (χ1) is 15.8. The molecule has 0 radical (unpaired) electrons. The minimum atomic E-state index is -0.181. The number of imidazole rings is 1. The summed E-state index contributed by atoms with van der Waals surface area (Å²) in [6.45, 7) is 8.28. The van der Waals surface area contributed by atoms with Gasteiger partial charge in [-0.15, -0.1) is 0 Å². The molecule has 0 unspecified atom stereocenters. The summed E-state index contributed by atoms with van der Waals surface area (Å²) < 4.78 is 12.3. The molecule has 1 N–H and O–H groups in total. The van der Waals surface area contributed by atoms with Crippen molar-refractivity contribution in [2.24, 2.45) is 0 Å². The zero-order valence-electron chi connectivity index (χ0n) is 19.9. The van der Waals surface area contributed by atoms with Gasteiger partial charge in [-0.2, -0.15) is 9.61 Å². The number of methoxy groups -OCH3 is 2. The number of benzene rings is 2. The van der Waals surface area contributed by atoms with Gasteiger partial charge in [0.15, 0.2) is 5.82 Å². The quantitative estimate of drug-likeness (QED) is 0.424. The number of aromatic nitrogens is 4. The van der Waals surface area contributed by atoms with E-state index in [1.54, 1.807) is 18.7 Å². The highest BCUT2D eigenvalue weighted by atomic mass is 16.5. The molecule has 4 aromatic rings. The van der Waals surface area contributed by atoms with E-state index >= 15 is 0 Å². The summed E-state index contributed by atoms with van der Waals surface area (Å²) in [5, 5.41) is 8.36. The minimum Gasteiger partial charge on any atom is -0.497 e. The molecule has 0 fully saturated rings. The Morgan fingerprint density at radius 1 is 0.848 bits per heavy atom. The average molecular weight is 444 g/mol. The van der Waals surface area contributed by atoms with Crippen molar-refractivity contribution in [3.8, 4) is 22.8 Å². The van der Waals surface area contributed by atoms with Crippen molar-refractivity contribution >= 4 is 23.7 Å². The molecular formula is C26H29N5O2. The van der Waals surface area contributed by atoms with Crippen LogP contribution in [0.15, 0.2) is 48.5 Å². The van der Waals surface area contributed by atoms with E-state index in [4.69, 9.17) is 24.5 Å². The first-order valence-electron chi connectivity index (χ1n) is 10.8. The molecule has 7 nitrogen and oxygen atoms in total. The number of hydrogen-bond acceptors (Lipinski definition) is 6. The standard InChI is InChI=1S/C26H29N5O2/c1-17-22(16-9-18-7-12-20(32-5)13-8-18)27-25-28-23(19-10-14-21(33-6)15-11-19)24(31(25)30-17)29-26(2,3)4/h7-16,29H,1-6H3. The number of hydrogen-bond donors (Lipinski definition) is 1. The van der Waals surface area contributed by atoms with Gasteiger partial charge in [0.1, 0.15) is 17.2 Å². The summed E-state index contributed by atoms with van der Waals surface area (Å²) in [4.78, 5) is 9.64. The van der Waals surface area contributed by atoms with E-state index in [-0.39, 0.29) is 5.54 Å². The molecule has 0 aliphatic heterocycles. The molecule has 0 atom stereocenters. The van der Waals surface area contributed by atoms with Crippen LogP contribution in [-0.2, 0) is 0 Å². The van der Waals surface area contributed by atoms with Crippen molar-refractivity contribution in [1.29, 1.82) is 0 Å². The fourth-order valence-corrected chi connectivity index (χ4v) is 3.42. The topological polar surface area (TPSA) is 73.6 Å². The molecule has 0 spiro atoms. The van der Waals surface area contributed by atoms with Crippen LogP contribution in [0.5, 0.6) is 11.5 Å². The number of anilines is 1. The van der Waals surface area contributed by atoms with Crippen LogP contribution < -0.4 is 14.8 Å². The summed E-state index contributed by atoms with van der Waals surface area (Å²) in [5.41, 5.74) is 4.20. The lowest BCUT2D eigenvalue weighted by Gasteiger charge is -2.22. The van der Waals surface area contributed by atoms with Gasteiger partial charge in [-0.25, -0.2) is 9.97 Å². The summed E-state index contributed by atoms with van der Waals surface area (Å²) in [6, 6.07) is 15.7. The maximum Gasteiger partial charge on any atom is 0.253 e. The normalized spacial score (nSPS) is 11.8. The highest BCUT2D eigenvalue weighted by molar-refractivity contribution is 5.77. The Labute approximate surface area is 194 Å². The third-order valence-corrected chi connectivity index (χ3v) is 5.08. The molecule has 2 aromatic carbocycles. The van der Waals surface area contributed by atoms with Crippen LogP contribution >= 0.6 is 0 Å². The molecule has 33 heavy (non-hydrogen) atoms. The Morgan fingerprint density at radius 2 is 1.45 bits per heavy atom. The van der Waals surface area contributed by atoms with E-state index in [2.05, 4.69) is 26.1 Å². The van der Waals surface area contributed by atoms with E-state index in [1.165, 1.54) is 0 Å². The zero-order valence-corrected chi connectivity index (χ0v) is 19.9. The van der Waals surface area contributed by atoms with E-state index in [1.807, 2.05) is 67.6 Å². The average Bonchev–Trinajstić information content (AvgIpc) is 3.13. The summed E-state index contributed by atoms with van der Waals surface area (Å²) in [5.74, 6) is 2.97. The van der Waals surface area contributed by atoms with Crippen molar-refractivity contribution in [3.63, 3.8) is 0 Å². The second-order valence-electron chi connectivity index (χ2n) is 8.81. The lowest BCUT2D eigenvalue weighted by Crippen LogP contribution is -2.27. The van der Waals surface area contributed by atoms with E-state index in [0.29, 0.717) is 5.78 Å². The van der Waals surface area contributed by atoms with Crippen LogP contribution in [0.3, 0.4) is 0 Å². The lowest BCUT2D eigenvalue weighted by atomic mass is 10.1. The number of aryl methyl sites for hydroxylation is 1. The van der Waals surface area contributed by atoms with Gasteiger partial charge in [0, 0.05) is 11.1 Å². The number of nitrogens with one attached hydrogen (secondary N) is 1. The second-order valence-corrected chi connectivity index (χ2v) is 8.81. The van der Waals surface area contributed by atoms with Crippen LogP contribution in [0, 0.1) is 6.92 Å². The first kappa shape index (κ1) is 22.3. The van der Waals surface area contributed by atoms with Gasteiger partial charge < -0.3 is 14.8 Å². The van der Waals surface area contributed by atoms with E-state index in [9.17, 15) is 0 Å². The number of rotatable bonds is 6. The molecule has 7 heteroatoms. The fourth-order valence-electron chi connectivity index (χ4n) is 3.42. The highest BCUT2D eigenvalue weighted by Gasteiger charge is 2.21.